The molecule has 2 fully saturated rings. The minimum atomic E-state index is -3.01. The van der Waals surface area contributed by atoms with Crippen LogP contribution in [0.15, 0.2) is 4.99 Å². The van der Waals surface area contributed by atoms with Gasteiger partial charge in [-0.2, -0.15) is 0 Å². The van der Waals surface area contributed by atoms with Gasteiger partial charge in [0.15, 0.2) is 5.96 Å². The van der Waals surface area contributed by atoms with Gasteiger partial charge in [-0.05, 0) is 26.7 Å². The molecule has 0 aliphatic carbocycles. The molecule has 0 aromatic heterocycles. The van der Waals surface area contributed by atoms with Gasteiger partial charge < -0.3 is 15.1 Å². The minimum Gasteiger partial charge on any atom is -0.357 e. The van der Waals surface area contributed by atoms with Crippen molar-refractivity contribution < 1.29 is 13.2 Å². The molecule has 0 saturated carbocycles. The van der Waals surface area contributed by atoms with Crippen LogP contribution in [0.2, 0.25) is 0 Å². The summed E-state index contributed by atoms with van der Waals surface area (Å²) in [6.07, 6.45) is 3.46. The lowest BCUT2D eigenvalue weighted by molar-refractivity contribution is -0.135. The van der Waals surface area contributed by atoms with Crippen LogP contribution in [0, 0.1) is 0 Å². The summed E-state index contributed by atoms with van der Waals surface area (Å²) in [6.45, 7) is 9.95. The molecule has 0 bridgehead atoms. The Hall–Kier alpha value is -1.35. The Morgan fingerprint density at radius 1 is 1.08 bits per heavy atom. The Morgan fingerprint density at radius 2 is 1.69 bits per heavy atom. The molecule has 2 heterocycles. The Bertz CT molecular complexity index is 594. The Balaban J connectivity index is 1.87. The van der Waals surface area contributed by atoms with E-state index in [1.807, 2.05) is 18.7 Å². The number of nitrogens with one attached hydrogen (secondary N) is 1. The molecule has 1 unspecified atom stereocenters. The number of likely N-dealkylation sites (tertiary alicyclic amines) is 1. The van der Waals surface area contributed by atoms with Crippen LogP contribution < -0.4 is 5.32 Å². The lowest BCUT2D eigenvalue weighted by Crippen LogP contribution is -2.57. The zero-order valence-corrected chi connectivity index (χ0v) is 17.1. The fraction of sp³-hybridized carbons (Fsp3) is 0.882. The molecule has 1 atom stereocenters. The first-order valence-corrected chi connectivity index (χ1v) is 11.6. The van der Waals surface area contributed by atoms with Gasteiger partial charge in [0.05, 0.1) is 18.3 Å². The van der Waals surface area contributed by atoms with Crippen LogP contribution in [-0.4, -0.2) is 105 Å². The zero-order valence-electron chi connectivity index (χ0n) is 16.3. The van der Waals surface area contributed by atoms with Gasteiger partial charge in [0.1, 0.15) is 9.84 Å². The molecule has 1 N–H and O–H groups in total. The van der Waals surface area contributed by atoms with Crippen LogP contribution in [0.5, 0.6) is 0 Å². The molecule has 0 spiro atoms. The summed E-state index contributed by atoms with van der Waals surface area (Å²) in [5.41, 5.74) is 0. The molecule has 150 valence electrons. The summed E-state index contributed by atoms with van der Waals surface area (Å²) < 4.78 is 22.6. The maximum Gasteiger partial charge on any atom is 0.239 e. The Kier molecular flexibility index (Phi) is 7.69. The van der Waals surface area contributed by atoms with Gasteiger partial charge >= 0.3 is 0 Å². The molecule has 2 rings (SSSR count). The lowest BCUT2D eigenvalue weighted by atomic mass is 10.2. The second-order valence-corrected chi connectivity index (χ2v) is 9.36. The predicted molar refractivity (Wildman–Crippen MR) is 104 cm³/mol. The number of nitrogens with zero attached hydrogens (tertiary/aromatic N) is 4. The fourth-order valence-corrected chi connectivity index (χ4v) is 3.85. The zero-order chi connectivity index (χ0) is 19.2. The van der Waals surface area contributed by atoms with Gasteiger partial charge in [-0.3, -0.25) is 14.7 Å². The Labute approximate surface area is 157 Å². The molecular weight excluding hydrogens is 354 g/mol. The van der Waals surface area contributed by atoms with E-state index >= 15 is 0 Å². The summed E-state index contributed by atoms with van der Waals surface area (Å²) >= 11 is 0. The summed E-state index contributed by atoms with van der Waals surface area (Å²) in [4.78, 5) is 23.4. The molecule has 2 saturated heterocycles. The van der Waals surface area contributed by atoms with Crippen LogP contribution in [0.1, 0.15) is 26.7 Å². The van der Waals surface area contributed by atoms with E-state index in [0.29, 0.717) is 0 Å². The number of aliphatic imine (C=N–C) groups is 1. The summed E-state index contributed by atoms with van der Waals surface area (Å²) in [7, 11) is -3.01. The van der Waals surface area contributed by atoms with Crippen molar-refractivity contribution in [2.75, 3.05) is 64.4 Å². The summed E-state index contributed by atoms with van der Waals surface area (Å²) in [5.74, 6) is 1.06. The molecule has 2 aliphatic heterocycles. The first-order chi connectivity index (χ1) is 12.3. The van der Waals surface area contributed by atoms with Gasteiger partial charge in [0, 0.05) is 52.1 Å². The van der Waals surface area contributed by atoms with E-state index in [9.17, 15) is 13.2 Å². The average Bonchev–Trinajstić information content (AvgIpc) is 3.13. The van der Waals surface area contributed by atoms with Crippen molar-refractivity contribution in [3.05, 3.63) is 0 Å². The SMILES string of the molecule is CCNC(=NCCS(C)(=O)=O)N1CCN(C(C)C(=O)N2CCCC2)CC1. The van der Waals surface area contributed by atoms with E-state index in [-0.39, 0.29) is 24.2 Å². The number of carbonyl (C=O) groups is 1. The molecule has 9 heteroatoms. The van der Waals surface area contributed by atoms with E-state index in [1.165, 1.54) is 6.26 Å². The number of carbonyl (C=O) groups excluding carboxylic acids is 1. The molecule has 8 nitrogen and oxygen atoms in total. The number of amides is 1. The Morgan fingerprint density at radius 3 is 2.23 bits per heavy atom. The van der Waals surface area contributed by atoms with E-state index < -0.39 is 9.84 Å². The average molecular weight is 388 g/mol. The molecule has 0 aromatic carbocycles. The highest BCUT2D eigenvalue weighted by atomic mass is 32.2. The molecule has 2 aliphatic rings. The number of rotatable bonds is 6. The van der Waals surface area contributed by atoms with E-state index in [4.69, 9.17) is 0 Å². The van der Waals surface area contributed by atoms with Gasteiger partial charge in [-0.1, -0.05) is 0 Å². The molecular formula is C17H33N5O3S. The fourth-order valence-electron chi connectivity index (χ4n) is 3.42. The van der Waals surface area contributed by atoms with Crippen LogP contribution in [0.25, 0.3) is 0 Å². The highest BCUT2D eigenvalue weighted by molar-refractivity contribution is 7.90. The van der Waals surface area contributed by atoms with Crippen LogP contribution in [0.3, 0.4) is 0 Å². The number of guanidine groups is 1. The number of piperazine rings is 1. The smallest absolute Gasteiger partial charge is 0.239 e. The predicted octanol–water partition coefficient (Wildman–Crippen LogP) is -0.375. The van der Waals surface area contributed by atoms with Gasteiger partial charge in [0.25, 0.3) is 0 Å². The second-order valence-electron chi connectivity index (χ2n) is 7.10. The topological polar surface area (TPSA) is 85.3 Å². The van der Waals surface area contributed by atoms with Crippen molar-refractivity contribution in [2.24, 2.45) is 4.99 Å². The van der Waals surface area contributed by atoms with Crippen LogP contribution in [0.4, 0.5) is 0 Å². The van der Waals surface area contributed by atoms with Crippen LogP contribution >= 0.6 is 0 Å². The van der Waals surface area contributed by atoms with Crippen molar-refractivity contribution in [3.8, 4) is 0 Å². The highest BCUT2D eigenvalue weighted by Crippen LogP contribution is 2.14. The number of sulfone groups is 1. The summed E-state index contributed by atoms with van der Waals surface area (Å²) in [6, 6.07) is -0.0833. The first-order valence-electron chi connectivity index (χ1n) is 9.55. The number of hydrogen-bond donors (Lipinski definition) is 1. The third kappa shape index (κ3) is 6.12. The second kappa shape index (κ2) is 9.55. The van der Waals surface area contributed by atoms with Gasteiger partial charge in [-0.25, -0.2) is 8.42 Å². The monoisotopic (exact) mass is 387 g/mol. The molecule has 1 amide bonds. The van der Waals surface area contributed by atoms with Crippen molar-refractivity contribution in [1.29, 1.82) is 0 Å². The third-order valence-corrected chi connectivity index (χ3v) is 5.92. The number of hydrogen-bond acceptors (Lipinski definition) is 5. The maximum absolute atomic E-state index is 12.6. The standard InChI is InChI=1S/C17H33N5O3S/c1-4-18-17(19-7-14-26(3,24)25)22-12-10-20(11-13-22)15(2)16(23)21-8-5-6-9-21/h15H,4-14H2,1-3H3,(H,18,19). The van der Waals surface area contributed by atoms with Crippen molar-refractivity contribution >= 4 is 21.7 Å². The van der Waals surface area contributed by atoms with Crippen molar-refractivity contribution in [3.63, 3.8) is 0 Å². The lowest BCUT2D eigenvalue weighted by Gasteiger charge is -2.39. The van der Waals surface area contributed by atoms with E-state index in [0.717, 1.165) is 64.6 Å². The van der Waals surface area contributed by atoms with Crippen LogP contribution in [-0.2, 0) is 14.6 Å². The summed E-state index contributed by atoms with van der Waals surface area (Å²) in [5, 5.41) is 3.24. The van der Waals surface area contributed by atoms with Gasteiger partial charge in [0.2, 0.25) is 5.91 Å². The van der Waals surface area contributed by atoms with E-state index in [2.05, 4.69) is 20.1 Å². The third-order valence-electron chi connectivity index (χ3n) is 5.00. The highest BCUT2D eigenvalue weighted by Gasteiger charge is 2.30. The normalized spacial score (nSPS) is 21.1. The van der Waals surface area contributed by atoms with Crippen molar-refractivity contribution in [2.45, 2.75) is 32.7 Å². The van der Waals surface area contributed by atoms with Crippen molar-refractivity contribution in [1.82, 2.24) is 20.0 Å². The molecule has 0 aromatic rings. The quantitative estimate of drug-likeness (QED) is 0.494. The molecule has 26 heavy (non-hydrogen) atoms. The van der Waals surface area contributed by atoms with E-state index in [1.54, 1.807) is 0 Å². The maximum atomic E-state index is 12.6. The first kappa shape index (κ1) is 21.0. The largest absolute Gasteiger partial charge is 0.357 e. The minimum absolute atomic E-state index is 0.0588. The van der Waals surface area contributed by atoms with Gasteiger partial charge in [-0.15, -0.1) is 0 Å². The molecule has 0 radical (unpaired) electrons.